The van der Waals surface area contributed by atoms with E-state index in [0.29, 0.717) is 5.56 Å². The fraction of sp³-hybridized carbons (Fsp3) is 0.105. The lowest BCUT2D eigenvalue weighted by Gasteiger charge is -2.11. The van der Waals surface area contributed by atoms with Crippen molar-refractivity contribution in [2.75, 3.05) is 10.0 Å². The quantitative estimate of drug-likeness (QED) is 0.719. The largest absolute Gasteiger partial charge is 0.354 e. The van der Waals surface area contributed by atoms with Gasteiger partial charge in [0.2, 0.25) is 0 Å². The van der Waals surface area contributed by atoms with Gasteiger partial charge in [0.25, 0.3) is 10.0 Å². The third-order valence-corrected chi connectivity index (χ3v) is 5.21. The van der Waals surface area contributed by atoms with Crippen LogP contribution in [0.1, 0.15) is 11.1 Å². The van der Waals surface area contributed by atoms with E-state index in [2.05, 4.69) is 15.0 Å². The molecule has 5 nitrogen and oxygen atoms in total. The Balaban J connectivity index is 1.75. The first-order valence-corrected chi connectivity index (χ1v) is 9.30. The van der Waals surface area contributed by atoms with E-state index >= 15 is 0 Å². The molecule has 0 aliphatic carbocycles. The molecule has 0 unspecified atom stereocenters. The van der Waals surface area contributed by atoms with E-state index in [4.69, 9.17) is 0 Å². The van der Waals surface area contributed by atoms with Crippen LogP contribution in [0.25, 0.3) is 0 Å². The summed E-state index contributed by atoms with van der Waals surface area (Å²) in [6, 6.07) is 18.2. The van der Waals surface area contributed by atoms with Gasteiger partial charge in [-0.25, -0.2) is 13.4 Å². The molecule has 0 aliphatic heterocycles. The molecule has 3 aromatic rings. The Hall–Kier alpha value is -2.86. The Labute approximate surface area is 147 Å². The Morgan fingerprint density at radius 3 is 2.36 bits per heavy atom. The molecule has 128 valence electrons. The third kappa shape index (κ3) is 4.16. The lowest BCUT2D eigenvalue weighted by Crippen LogP contribution is -2.15. The number of sulfonamides is 1. The summed E-state index contributed by atoms with van der Waals surface area (Å²) in [6.07, 6.45) is 1.60. The van der Waals surface area contributed by atoms with Crippen molar-refractivity contribution in [3.63, 3.8) is 0 Å². The maximum atomic E-state index is 12.5. The van der Waals surface area contributed by atoms with Gasteiger partial charge >= 0.3 is 0 Å². The summed E-state index contributed by atoms with van der Waals surface area (Å²) in [5, 5.41) is 3.24. The summed E-state index contributed by atoms with van der Waals surface area (Å²) >= 11 is 0. The molecule has 0 atom stereocenters. The molecule has 2 N–H and O–H groups in total. The van der Waals surface area contributed by atoms with E-state index in [1.807, 2.05) is 31.2 Å². The summed E-state index contributed by atoms with van der Waals surface area (Å²) in [7, 11) is -3.65. The lowest BCUT2D eigenvalue weighted by molar-refractivity contribution is 0.600. The van der Waals surface area contributed by atoms with E-state index in [9.17, 15) is 8.42 Å². The Bertz CT molecular complexity index is 984. The highest BCUT2D eigenvalue weighted by Gasteiger charge is 2.16. The second-order valence-corrected chi connectivity index (χ2v) is 7.45. The standard InChI is InChI=1S/C19H19N3O2S/c1-14-6-5-8-16(12-14)21-17-10-11-19(20-13-17)22-25(23,24)18-9-4-3-7-15(18)2/h3-13,21H,1-2H3,(H,20,22). The van der Waals surface area contributed by atoms with Crippen LogP contribution >= 0.6 is 0 Å². The van der Waals surface area contributed by atoms with E-state index in [1.165, 1.54) is 0 Å². The number of benzene rings is 2. The zero-order chi connectivity index (χ0) is 17.9. The predicted molar refractivity (Wildman–Crippen MR) is 101 cm³/mol. The van der Waals surface area contributed by atoms with E-state index in [0.717, 1.165) is 16.9 Å². The number of hydrogen-bond donors (Lipinski definition) is 2. The van der Waals surface area contributed by atoms with Gasteiger partial charge < -0.3 is 5.32 Å². The van der Waals surface area contributed by atoms with Crippen molar-refractivity contribution in [2.24, 2.45) is 0 Å². The van der Waals surface area contributed by atoms with Crippen LogP contribution in [0.15, 0.2) is 71.8 Å². The first-order valence-electron chi connectivity index (χ1n) is 7.82. The second-order valence-electron chi connectivity index (χ2n) is 5.80. The van der Waals surface area contributed by atoms with Gasteiger partial charge in [0.05, 0.1) is 16.8 Å². The predicted octanol–water partition coefficient (Wildman–Crippen LogP) is 4.24. The monoisotopic (exact) mass is 353 g/mol. The molecule has 0 amide bonds. The van der Waals surface area contributed by atoms with Crippen LogP contribution in [0.3, 0.4) is 0 Å². The molecule has 1 aromatic heterocycles. The van der Waals surface area contributed by atoms with Crippen molar-refractivity contribution in [3.8, 4) is 0 Å². The van der Waals surface area contributed by atoms with E-state index in [1.54, 1.807) is 49.5 Å². The highest BCUT2D eigenvalue weighted by atomic mass is 32.2. The van der Waals surface area contributed by atoms with Gasteiger partial charge in [-0.05, 0) is 55.3 Å². The molecular weight excluding hydrogens is 334 g/mol. The molecule has 6 heteroatoms. The van der Waals surface area contributed by atoms with Crippen molar-refractivity contribution in [2.45, 2.75) is 18.7 Å². The van der Waals surface area contributed by atoms with Crippen LogP contribution in [0.2, 0.25) is 0 Å². The van der Waals surface area contributed by atoms with Crippen LogP contribution in [-0.4, -0.2) is 13.4 Å². The van der Waals surface area contributed by atoms with Gasteiger partial charge in [-0.2, -0.15) is 0 Å². The lowest BCUT2D eigenvalue weighted by atomic mass is 10.2. The fourth-order valence-corrected chi connectivity index (χ4v) is 3.72. The Kier molecular flexibility index (Phi) is 4.72. The summed E-state index contributed by atoms with van der Waals surface area (Å²) in [5.74, 6) is 0.276. The molecule has 1 heterocycles. The maximum Gasteiger partial charge on any atom is 0.263 e. The first-order chi connectivity index (χ1) is 11.9. The van der Waals surface area contributed by atoms with Gasteiger partial charge in [0.15, 0.2) is 0 Å². The molecule has 0 bridgehead atoms. The van der Waals surface area contributed by atoms with Gasteiger partial charge in [0, 0.05) is 5.69 Å². The minimum absolute atomic E-state index is 0.249. The smallest absolute Gasteiger partial charge is 0.263 e. The molecule has 0 spiro atoms. The summed E-state index contributed by atoms with van der Waals surface area (Å²) in [6.45, 7) is 3.78. The van der Waals surface area contributed by atoms with Crippen LogP contribution in [0.5, 0.6) is 0 Å². The van der Waals surface area contributed by atoms with E-state index in [-0.39, 0.29) is 10.7 Å². The van der Waals surface area contributed by atoms with Crippen LogP contribution in [-0.2, 0) is 10.0 Å². The molecule has 2 aromatic carbocycles. The minimum atomic E-state index is -3.65. The zero-order valence-electron chi connectivity index (χ0n) is 14.0. The summed E-state index contributed by atoms with van der Waals surface area (Å²) in [5.41, 5.74) is 3.58. The number of anilines is 3. The van der Waals surface area contributed by atoms with Crippen LogP contribution < -0.4 is 10.0 Å². The molecule has 0 saturated heterocycles. The number of pyridine rings is 1. The van der Waals surface area contributed by atoms with Crippen LogP contribution in [0.4, 0.5) is 17.2 Å². The normalized spacial score (nSPS) is 11.1. The number of nitrogens with one attached hydrogen (secondary N) is 2. The van der Waals surface area contributed by atoms with Gasteiger partial charge in [-0.3, -0.25) is 4.72 Å². The van der Waals surface area contributed by atoms with Gasteiger partial charge in [-0.15, -0.1) is 0 Å². The number of aromatic nitrogens is 1. The third-order valence-electron chi connectivity index (χ3n) is 3.69. The molecule has 0 aliphatic rings. The number of nitrogens with zero attached hydrogens (tertiary/aromatic N) is 1. The molecule has 3 rings (SSSR count). The van der Waals surface area contributed by atoms with Crippen molar-refractivity contribution in [1.29, 1.82) is 0 Å². The fourth-order valence-electron chi connectivity index (χ4n) is 2.47. The Morgan fingerprint density at radius 1 is 0.880 bits per heavy atom. The number of rotatable bonds is 5. The topological polar surface area (TPSA) is 71.1 Å². The maximum absolute atomic E-state index is 12.5. The van der Waals surface area contributed by atoms with Gasteiger partial charge in [0.1, 0.15) is 5.82 Å². The average Bonchev–Trinajstić information content (AvgIpc) is 2.57. The first kappa shape index (κ1) is 17.0. The highest BCUT2D eigenvalue weighted by Crippen LogP contribution is 2.21. The van der Waals surface area contributed by atoms with Crippen molar-refractivity contribution >= 4 is 27.2 Å². The Morgan fingerprint density at radius 2 is 1.68 bits per heavy atom. The van der Waals surface area contributed by atoms with Crippen molar-refractivity contribution in [1.82, 2.24) is 4.98 Å². The summed E-state index contributed by atoms with van der Waals surface area (Å²) in [4.78, 5) is 4.43. The summed E-state index contributed by atoms with van der Waals surface area (Å²) < 4.78 is 27.4. The minimum Gasteiger partial charge on any atom is -0.354 e. The second kappa shape index (κ2) is 6.94. The molecule has 25 heavy (non-hydrogen) atoms. The van der Waals surface area contributed by atoms with Crippen molar-refractivity contribution in [3.05, 3.63) is 78.0 Å². The zero-order valence-corrected chi connectivity index (χ0v) is 14.8. The average molecular weight is 353 g/mol. The molecule has 0 fully saturated rings. The SMILES string of the molecule is Cc1cccc(Nc2ccc(NS(=O)(=O)c3ccccc3C)nc2)c1. The van der Waals surface area contributed by atoms with Crippen LogP contribution in [0, 0.1) is 13.8 Å². The molecule has 0 radical (unpaired) electrons. The highest BCUT2D eigenvalue weighted by molar-refractivity contribution is 7.92. The van der Waals surface area contributed by atoms with Gasteiger partial charge in [-0.1, -0.05) is 30.3 Å². The number of aryl methyl sites for hydroxylation is 2. The van der Waals surface area contributed by atoms with E-state index < -0.39 is 10.0 Å². The molecule has 0 saturated carbocycles. The molecular formula is C19H19N3O2S. The van der Waals surface area contributed by atoms with Crippen molar-refractivity contribution < 1.29 is 8.42 Å². The number of hydrogen-bond acceptors (Lipinski definition) is 4.